The Morgan fingerprint density at radius 2 is 1.80 bits per heavy atom. The van der Waals surface area contributed by atoms with Gasteiger partial charge in [-0.15, -0.1) is 0 Å². The summed E-state index contributed by atoms with van der Waals surface area (Å²) in [6.45, 7) is 2.32. The topological polar surface area (TPSA) is 99.3 Å². The molecule has 9 heteroatoms. The van der Waals surface area contributed by atoms with Crippen LogP contribution in [0.3, 0.4) is 0 Å². The van der Waals surface area contributed by atoms with Crippen LogP contribution in [0.25, 0.3) is 0 Å². The summed E-state index contributed by atoms with van der Waals surface area (Å²) < 4.78 is 5.98. The first-order chi connectivity index (χ1) is 16.9. The molecule has 2 saturated heterocycles. The van der Waals surface area contributed by atoms with Gasteiger partial charge in [-0.1, -0.05) is 25.0 Å². The van der Waals surface area contributed by atoms with E-state index in [1.165, 1.54) is 4.90 Å². The van der Waals surface area contributed by atoms with Gasteiger partial charge in [-0.3, -0.25) is 24.5 Å². The van der Waals surface area contributed by atoms with E-state index in [1.807, 2.05) is 31.1 Å². The number of unbranched alkanes of at least 4 members (excludes halogenated alkanes) is 3. The Kier molecular flexibility index (Phi) is 10.1. The Morgan fingerprint density at radius 1 is 1.06 bits per heavy atom. The molecule has 1 N–H and O–H groups in total. The van der Waals surface area contributed by atoms with Crippen molar-refractivity contribution in [3.05, 3.63) is 23.8 Å². The minimum Gasteiger partial charge on any atom is -0.378 e. The van der Waals surface area contributed by atoms with Gasteiger partial charge in [0.15, 0.2) is 0 Å². The molecule has 2 heterocycles. The quantitative estimate of drug-likeness (QED) is 0.261. The molecule has 2 aliphatic rings. The molecule has 4 amide bonds. The number of hydrogen-bond donors (Lipinski definition) is 1. The summed E-state index contributed by atoms with van der Waals surface area (Å²) in [5.41, 5.74) is 2.74. The maximum absolute atomic E-state index is 12.4. The van der Waals surface area contributed by atoms with E-state index in [0.717, 1.165) is 82.3 Å². The van der Waals surface area contributed by atoms with Gasteiger partial charge in [0.05, 0.1) is 17.5 Å². The van der Waals surface area contributed by atoms with Crippen LogP contribution >= 0.6 is 0 Å². The lowest BCUT2D eigenvalue weighted by Crippen LogP contribution is -2.52. The summed E-state index contributed by atoms with van der Waals surface area (Å²) in [7, 11) is 3.87. The highest BCUT2D eigenvalue weighted by Gasteiger charge is 2.33. The van der Waals surface area contributed by atoms with Gasteiger partial charge in [-0.25, -0.2) is 0 Å². The zero-order chi connectivity index (χ0) is 25.2. The van der Waals surface area contributed by atoms with Gasteiger partial charge in [0.1, 0.15) is 6.04 Å². The van der Waals surface area contributed by atoms with Crippen molar-refractivity contribution in [2.45, 2.75) is 69.9 Å². The lowest BCUT2D eigenvalue weighted by molar-refractivity contribution is -0.135. The molecule has 0 bridgehead atoms. The van der Waals surface area contributed by atoms with Gasteiger partial charge in [-0.05, 0) is 50.2 Å². The molecule has 0 spiro atoms. The fourth-order valence-corrected chi connectivity index (χ4v) is 4.92. The van der Waals surface area contributed by atoms with E-state index in [4.69, 9.17) is 4.74 Å². The molecule has 1 atom stereocenters. The van der Waals surface area contributed by atoms with Crippen molar-refractivity contribution >= 4 is 36.0 Å². The molecule has 1 unspecified atom stereocenters. The molecule has 2 aliphatic heterocycles. The molecule has 0 aliphatic carbocycles. The van der Waals surface area contributed by atoms with Gasteiger partial charge < -0.3 is 19.4 Å². The van der Waals surface area contributed by atoms with E-state index in [-0.39, 0.29) is 18.4 Å². The molecule has 2 fully saturated rings. The normalized spacial score (nSPS) is 18.8. The SMILES string of the molecule is CN(C)c1c(CCCCCCOC2CCN(C=O)CC2)cccc1N(C=O)C1CCC(=O)NC1=O. The van der Waals surface area contributed by atoms with E-state index >= 15 is 0 Å². The Labute approximate surface area is 207 Å². The molecule has 3 rings (SSSR count). The molecule has 1 aromatic rings. The van der Waals surface area contributed by atoms with Crippen molar-refractivity contribution < 1.29 is 23.9 Å². The number of ether oxygens (including phenoxy) is 1. The zero-order valence-corrected chi connectivity index (χ0v) is 20.9. The highest BCUT2D eigenvalue weighted by molar-refractivity contribution is 6.04. The van der Waals surface area contributed by atoms with Crippen molar-refractivity contribution in [3.63, 3.8) is 0 Å². The van der Waals surface area contributed by atoms with Crippen LogP contribution in [0.5, 0.6) is 0 Å². The van der Waals surface area contributed by atoms with Crippen LogP contribution in [0.1, 0.15) is 56.9 Å². The lowest BCUT2D eigenvalue weighted by Gasteiger charge is -2.33. The molecule has 0 saturated carbocycles. The first-order valence-electron chi connectivity index (χ1n) is 12.6. The number of nitrogens with zero attached hydrogens (tertiary/aromatic N) is 3. The lowest BCUT2D eigenvalue weighted by atomic mass is 10.00. The van der Waals surface area contributed by atoms with E-state index in [9.17, 15) is 19.2 Å². The molecular weight excluding hydrogens is 448 g/mol. The second-order valence-electron chi connectivity index (χ2n) is 9.53. The number of anilines is 2. The predicted molar refractivity (Wildman–Crippen MR) is 134 cm³/mol. The second-order valence-corrected chi connectivity index (χ2v) is 9.53. The monoisotopic (exact) mass is 486 g/mol. The number of aryl methyl sites for hydroxylation is 1. The van der Waals surface area contributed by atoms with Crippen molar-refractivity contribution in [2.75, 3.05) is 43.6 Å². The van der Waals surface area contributed by atoms with Crippen molar-refractivity contribution in [2.24, 2.45) is 0 Å². The molecule has 35 heavy (non-hydrogen) atoms. The molecule has 9 nitrogen and oxygen atoms in total. The number of likely N-dealkylation sites (tertiary alicyclic amines) is 1. The van der Waals surface area contributed by atoms with Crippen molar-refractivity contribution in [1.82, 2.24) is 10.2 Å². The maximum Gasteiger partial charge on any atom is 0.249 e. The van der Waals surface area contributed by atoms with Gasteiger partial charge >= 0.3 is 0 Å². The summed E-state index contributed by atoms with van der Waals surface area (Å²) >= 11 is 0. The number of imide groups is 1. The first kappa shape index (κ1) is 26.7. The third-order valence-corrected chi connectivity index (χ3v) is 6.80. The number of benzene rings is 1. The van der Waals surface area contributed by atoms with Gasteiger partial charge in [0.2, 0.25) is 24.6 Å². The standard InChI is InChI=1S/C26H38N4O5/c1-28(2)25-20(8-5-3-4-6-17-35-21-13-15-29(18-31)16-14-21)9-7-10-22(25)30(19-32)23-11-12-24(33)27-26(23)34/h7,9-10,18-19,21,23H,3-6,8,11-17H2,1-2H3,(H,27,33,34). The summed E-state index contributed by atoms with van der Waals surface area (Å²) in [4.78, 5) is 52.0. The van der Waals surface area contributed by atoms with Crippen LogP contribution < -0.4 is 15.1 Å². The Bertz CT molecular complexity index is 882. The third-order valence-electron chi connectivity index (χ3n) is 6.80. The van der Waals surface area contributed by atoms with Crippen LogP contribution in [-0.2, 0) is 30.3 Å². The van der Waals surface area contributed by atoms with E-state index in [1.54, 1.807) is 4.90 Å². The Hall–Kier alpha value is -2.94. The first-order valence-corrected chi connectivity index (χ1v) is 12.6. The highest BCUT2D eigenvalue weighted by atomic mass is 16.5. The number of amides is 4. The zero-order valence-electron chi connectivity index (χ0n) is 20.9. The van der Waals surface area contributed by atoms with Crippen LogP contribution in [0.15, 0.2) is 18.2 Å². The molecular formula is C26H38N4O5. The average Bonchev–Trinajstić information content (AvgIpc) is 2.85. The predicted octanol–water partition coefficient (Wildman–Crippen LogP) is 2.26. The van der Waals surface area contributed by atoms with Crippen LogP contribution in [-0.4, -0.2) is 75.5 Å². The largest absolute Gasteiger partial charge is 0.378 e. The van der Waals surface area contributed by atoms with Crippen molar-refractivity contribution in [1.29, 1.82) is 0 Å². The minimum absolute atomic E-state index is 0.222. The van der Waals surface area contributed by atoms with Crippen LogP contribution in [0.2, 0.25) is 0 Å². The molecule has 0 radical (unpaired) electrons. The van der Waals surface area contributed by atoms with E-state index in [2.05, 4.69) is 11.4 Å². The third kappa shape index (κ3) is 7.27. The average molecular weight is 487 g/mol. The fraction of sp³-hybridized carbons (Fsp3) is 0.615. The molecule has 1 aromatic carbocycles. The summed E-state index contributed by atoms with van der Waals surface area (Å²) in [5, 5.41) is 2.34. The van der Waals surface area contributed by atoms with E-state index < -0.39 is 11.9 Å². The number of nitrogens with one attached hydrogen (secondary N) is 1. The van der Waals surface area contributed by atoms with E-state index in [0.29, 0.717) is 18.5 Å². The van der Waals surface area contributed by atoms with Gasteiger partial charge in [0.25, 0.3) is 0 Å². The number of carbonyl (C=O) groups is 4. The number of hydrogen-bond acceptors (Lipinski definition) is 6. The number of rotatable bonds is 13. The van der Waals surface area contributed by atoms with Crippen LogP contribution in [0.4, 0.5) is 11.4 Å². The summed E-state index contributed by atoms with van der Waals surface area (Å²) in [6.07, 6.45) is 9.31. The van der Waals surface area contributed by atoms with Crippen molar-refractivity contribution in [3.8, 4) is 0 Å². The maximum atomic E-state index is 12.4. The minimum atomic E-state index is -0.690. The second kappa shape index (κ2) is 13.2. The highest BCUT2D eigenvalue weighted by Crippen LogP contribution is 2.34. The number of para-hydroxylation sites is 1. The number of carbonyl (C=O) groups excluding carboxylic acids is 4. The molecule has 192 valence electrons. The van der Waals surface area contributed by atoms with Gasteiger partial charge in [0, 0.05) is 40.2 Å². The Balaban J connectivity index is 1.50. The molecule has 0 aromatic heterocycles. The fourth-order valence-electron chi connectivity index (χ4n) is 4.92. The van der Waals surface area contributed by atoms with Gasteiger partial charge in [-0.2, -0.15) is 0 Å². The summed E-state index contributed by atoms with van der Waals surface area (Å²) in [5.74, 6) is -0.729. The summed E-state index contributed by atoms with van der Waals surface area (Å²) in [6, 6.07) is 5.16. The Morgan fingerprint density at radius 3 is 2.46 bits per heavy atom. The number of piperidine rings is 2. The van der Waals surface area contributed by atoms with Crippen LogP contribution in [0, 0.1) is 0 Å². The smallest absolute Gasteiger partial charge is 0.249 e.